The Labute approximate surface area is 202 Å². The molecule has 0 saturated heterocycles. The van der Waals surface area contributed by atoms with Gasteiger partial charge in [0.2, 0.25) is 5.90 Å². The molecule has 0 amide bonds. The maximum absolute atomic E-state index is 12.3. The second-order valence-corrected chi connectivity index (χ2v) is 8.73. The minimum atomic E-state index is -0.483. The SMILES string of the molecule is COc1cc(/C=C2\N=C(c3ccccc3)OC2=O)cc(I)c1OCc1ccc(Br)cc1. The van der Waals surface area contributed by atoms with Crippen LogP contribution in [0.1, 0.15) is 16.7 Å². The van der Waals surface area contributed by atoms with Crippen molar-refractivity contribution < 1.29 is 19.0 Å². The summed E-state index contributed by atoms with van der Waals surface area (Å²) < 4.78 is 18.8. The van der Waals surface area contributed by atoms with Crippen LogP contribution in [0.4, 0.5) is 0 Å². The third kappa shape index (κ3) is 5.16. The normalized spacial score (nSPS) is 14.4. The highest BCUT2D eigenvalue weighted by molar-refractivity contribution is 14.1. The molecule has 0 aliphatic carbocycles. The molecule has 0 radical (unpaired) electrons. The smallest absolute Gasteiger partial charge is 0.363 e. The van der Waals surface area contributed by atoms with Crippen LogP contribution in [0.2, 0.25) is 0 Å². The minimum Gasteiger partial charge on any atom is -0.493 e. The van der Waals surface area contributed by atoms with Crippen molar-refractivity contribution in [3.05, 3.63) is 97.2 Å². The molecule has 0 spiro atoms. The molecule has 0 saturated carbocycles. The summed E-state index contributed by atoms with van der Waals surface area (Å²) in [6, 6.07) is 21.0. The minimum absolute atomic E-state index is 0.236. The van der Waals surface area contributed by atoms with Crippen LogP contribution < -0.4 is 9.47 Å². The predicted octanol–water partition coefficient (Wildman–Crippen LogP) is 5.99. The third-order valence-corrected chi connectivity index (χ3v) is 5.82. The molecule has 1 aliphatic rings. The number of aliphatic imine (C=N–C) groups is 1. The van der Waals surface area contributed by atoms with Gasteiger partial charge in [-0.1, -0.05) is 46.3 Å². The number of halogens is 2. The quantitative estimate of drug-likeness (QED) is 0.201. The molecule has 3 aromatic rings. The number of cyclic esters (lactones) is 1. The van der Waals surface area contributed by atoms with Crippen molar-refractivity contribution in [3.63, 3.8) is 0 Å². The van der Waals surface area contributed by atoms with Crippen molar-refractivity contribution in [3.8, 4) is 11.5 Å². The Morgan fingerprint density at radius 3 is 2.55 bits per heavy atom. The fraction of sp³-hybridized carbons (Fsp3) is 0.0833. The summed E-state index contributed by atoms with van der Waals surface area (Å²) in [5.74, 6) is 1.04. The van der Waals surface area contributed by atoms with Crippen LogP contribution in [0.25, 0.3) is 6.08 Å². The Morgan fingerprint density at radius 2 is 1.84 bits per heavy atom. The van der Waals surface area contributed by atoms with Gasteiger partial charge < -0.3 is 14.2 Å². The molecular formula is C24H17BrINO4. The standard InChI is InChI=1S/C24H17BrINO4/c1-29-21-13-16(11-19(26)22(21)30-14-15-7-9-18(25)10-8-15)12-20-24(28)31-23(27-20)17-5-3-2-4-6-17/h2-13H,14H2,1H3/b20-12-. The Hall–Kier alpha value is -2.65. The highest BCUT2D eigenvalue weighted by Crippen LogP contribution is 2.35. The molecular weight excluding hydrogens is 573 g/mol. The average molecular weight is 590 g/mol. The van der Waals surface area contributed by atoms with Gasteiger partial charge in [0.15, 0.2) is 17.2 Å². The van der Waals surface area contributed by atoms with E-state index < -0.39 is 5.97 Å². The monoisotopic (exact) mass is 589 g/mol. The maximum atomic E-state index is 12.3. The Bertz CT molecular complexity index is 1170. The van der Waals surface area contributed by atoms with E-state index in [1.54, 1.807) is 13.2 Å². The maximum Gasteiger partial charge on any atom is 0.363 e. The van der Waals surface area contributed by atoms with Gasteiger partial charge in [-0.2, -0.15) is 0 Å². The fourth-order valence-corrected chi connectivity index (χ4v) is 4.02. The van der Waals surface area contributed by atoms with Crippen LogP contribution in [-0.4, -0.2) is 19.0 Å². The number of benzene rings is 3. The summed E-state index contributed by atoms with van der Waals surface area (Å²) >= 11 is 5.63. The first kappa shape index (κ1) is 21.6. The molecule has 5 nitrogen and oxygen atoms in total. The lowest BCUT2D eigenvalue weighted by Gasteiger charge is -2.14. The summed E-state index contributed by atoms with van der Waals surface area (Å²) in [5, 5.41) is 0. The van der Waals surface area contributed by atoms with E-state index >= 15 is 0 Å². The molecule has 0 fully saturated rings. The van der Waals surface area contributed by atoms with E-state index in [1.165, 1.54) is 0 Å². The molecule has 0 unspecified atom stereocenters. The van der Waals surface area contributed by atoms with Gasteiger partial charge in [0.1, 0.15) is 6.61 Å². The van der Waals surface area contributed by atoms with Gasteiger partial charge in [0.05, 0.1) is 10.7 Å². The van der Waals surface area contributed by atoms with Crippen molar-refractivity contribution in [2.45, 2.75) is 6.61 Å². The lowest BCUT2D eigenvalue weighted by Crippen LogP contribution is -2.05. The number of rotatable bonds is 6. The topological polar surface area (TPSA) is 57.1 Å². The van der Waals surface area contributed by atoms with Crippen LogP contribution in [0.15, 0.2) is 81.9 Å². The molecule has 1 aliphatic heterocycles. The second kappa shape index (κ2) is 9.65. The van der Waals surface area contributed by atoms with Crippen molar-refractivity contribution in [2.75, 3.05) is 7.11 Å². The molecule has 0 N–H and O–H groups in total. The van der Waals surface area contributed by atoms with E-state index in [0.717, 1.165) is 24.7 Å². The Kier molecular flexibility index (Phi) is 6.72. The van der Waals surface area contributed by atoms with Gasteiger partial charge in [-0.3, -0.25) is 0 Å². The van der Waals surface area contributed by atoms with Gasteiger partial charge in [0.25, 0.3) is 0 Å². The zero-order valence-electron chi connectivity index (χ0n) is 16.5. The number of carbonyl (C=O) groups is 1. The third-order valence-electron chi connectivity index (χ3n) is 4.49. The first-order chi connectivity index (χ1) is 15.0. The van der Waals surface area contributed by atoms with Gasteiger partial charge in [-0.15, -0.1) is 0 Å². The van der Waals surface area contributed by atoms with Crippen molar-refractivity contribution >= 4 is 56.5 Å². The molecule has 156 valence electrons. The van der Waals surface area contributed by atoms with E-state index in [-0.39, 0.29) is 5.70 Å². The second-order valence-electron chi connectivity index (χ2n) is 6.65. The lowest BCUT2D eigenvalue weighted by molar-refractivity contribution is -0.129. The van der Waals surface area contributed by atoms with E-state index in [4.69, 9.17) is 14.2 Å². The predicted molar refractivity (Wildman–Crippen MR) is 131 cm³/mol. The van der Waals surface area contributed by atoms with Gasteiger partial charge in [-0.05, 0) is 76.2 Å². The van der Waals surface area contributed by atoms with E-state index in [0.29, 0.717) is 24.0 Å². The average Bonchev–Trinajstić information content (AvgIpc) is 3.14. The highest BCUT2D eigenvalue weighted by atomic mass is 127. The van der Waals surface area contributed by atoms with Crippen LogP contribution in [0.3, 0.4) is 0 Å². The van der Waals surface area contributed by atoms with Gasteiger partial charge >= 0.3 is 5.97 Å². The summed E-state index contributed by atoms with van der Waals surface area (Å²) in [6.07, 6.45) is 1.68. The summed E-state index contributed by atoms with van der Waals surface area (Å²) in [6.45, 7) is 0.414. The number of methoxy groups -OCH3 is 1. The number of esters is 1. The highest BCUT2D eigenvalue weighted by Gasteiger charge is 2.24. The molecule has 0 atom stereocenters. The molecule has 0 bridgehead atoms. The van der Waals surface area contributed by atoms with E-state index in [9.17, 15) is 4.79 Å². The zero-order chi connectivity index (χ0) is 21.8. The fourth-order valence-electron chi connectivity index (χ4n) is 2.97. The number of hydrogen-bond acceptors (Lipinski definition) is 5. The number of carbonyl (C=O) groups excluding carboxylic acids is 1. The molecule has 4 rings (SSSR count). The molecule has 3 aromatic carbocycles. The Balaban J connectivity index is 1.58. The van der Waals surface area contributed by atoms with E-state index in [2.05, 4.69) is 43.5 Å². The van der Waals surface area contributed by atoms with Crippen LogP contribution in [-0.2, 0) is 16.1 Å². The molecule has 1 heterocycles. The first-order valence-electron chi connectivity index (χ1n) is 9.36. The zero-order valence-corrected chi connectivity index (χ0v) is 20.2. The number of ether oxygens (including phenoxy) is 3. The first-order valence-corrected chi connectivity index (χ1v) is 11.2. The number of hydrogen-bond donors (Lipinski definition) is 0. The van der Waals surface area contributed by atoms with Crippen LogP contribution in [0, 0.1) is 3.57 Å². The molecule has 0 aromatic heterocycles. The Morgan fingerprint density at radius 1 is 1.10 bits per heavy atom. The van der Waals surface area contributed by atoms with Crippen LogP contribution in [0.5, 0.6) is 11.5 Å². The van der Waals surface area contributed by atoms with Gasteiger partial charge in [-0.25, -0.2) is 9.79 Å². The molecule has 7 heteroatoms. The van der Waals surface area contributed by atoms with Gasteiger partial charge in [0, 0.05) is 10.0 Å². The molecule has 31 heavy (non-hydrogen) atoms. The van der Waals surface area contributed by atoms with Crippen LogP contribution >= 0.6 is 38.5 Å². The summed E-state index contributed by atoms with van der Waals surface area (Å²) in [4.78, 5) is 16.6. The summed E-state index contributed by atoms with van der Waals surface area (Å²) in [7, 11) is 1.59. The largest absolute Gasteiger partial charge is 0.493 e. The number of nitrogens with zero attached hydrogens (tertiary/aromatic N) is 1. The van der Waals surface area contributed by atoms with Crippen molar-refractivity contribution in [1.29, 1.82) is 0 Å². The summed E-state index contributed by atoms with van der Waals surface area (Å²) in [5.41, 5.74) is 2.80. The van der Waals surface area contributed by atoms with Crippen molar-refractivity contribution in [1.82, 2.24) is 0 Å². The van der Waals surface area contributed by atoms with Crippen molar-refractivity contribution in [2.24, 2.45) is 4.99 Å². The van der Waals surface area contributed by atoms with E-state index in [1.807, 2.05) is 66.7 Å². The lowest BCUT2D eigenvalue weighted by atomic mass is 10.1.